The van der Waals surface area contributed by atoms with E-state index in [1.807, 2.05) is 0 Å². The second kappa shape index (κ2) is 4.85. The molecule has 1 heterocycles. The lowest BCUT2D eigenvalue weighted by atomic mass is 10.2. The monoisotopic (exact) mass is 203 g/mol. The molecule has 5 heteroatoms. The van der Waals surface area contributed by atoms with Crippen LogP contribution in [-0.2, 0) is 6.61 Å². The number of aliphatic hydroxyl groups excluding tert-OH is 1. The van der Waals surface area contributed by atoms with E-state index in [0.717, 1.165) is 0 Å². The molecule has 0 saturated heterocycles. The molecule has 0 saturated carbocycles. The highest BCUT2D eigenvalue weighted by molar-refractivity contribution is 5.23. The molecule has 0 spiro atoms. The molecule has 0 atom stereocenters. The smallest absolute Gasteiger partial charge is 0.272 e. The number of alkyl halides is 2. The number of halogens is 2. The van der Waals surface area contributed by atoms with Gasteiger partial charge in [0.25, 0.3) is 6.43 Å². The van der Waals surface area contributed by atoms with Crippen LogP contribution in [0.3, 0.4) is 0 Å². The van der Waals surface area contributed by atoms with Crippen molar-refractivity contribution in [1.29, 1.82) is 0 Å². The number of ether oxygens (including phenoxy) is 1. The van der Waals surface area contributed by atoms with Gasteiger partial charge in [-0.1, -0.05) is 0 Å². The summed E-state index contributed by atoms with van der Waals surface area (Å²) in [5.41, 5.74) is 1.22. The topological polar surface area (TPSA) is 42.4 Å². The van der Waals surface area contributed by atoms with Gasteiger partial charge in [-0.15, -0.1) is 0 Å². The zero-order valence-corrected chi connectivity index (χ0v) is 7.70. The number of aromatic nitrogens is 1. The van der Waals surface area contributed by atoms with E-state index < -0.39 is 13.0 Å². The Morgan fingerprint density at radius 3 is 2.79 bits per heavy atom. The van der Waals surface area contributed by atoms with E-state index in [1.165, 1.54) is 6.07 Å². The predicted octanol–water partition coefficient (Wildman–Crippen LogP) is 1.53. The number of hydrogen-bond donors (Lipinski definition) is 1. The molecule has 0 aliphatic heterocycles. The normalized spacial score (nSPS) is 10.6. The van der Waals surface area contributed by atoms with Crippen molar-refractivity contribution in [3.63, 3.8) is 0 Å². The van der Waals surface area contributed by atoms with Crippen molar-refractivity contribution < 1.29 is 18.6 Å². The van der Waals surface area contributed by atoms with Crippen molar-refractivity contribution in [3.05, 3.63) is 23.4 Å². The van der Waals surface area contributed by atoms with Gasteiger partial charge >= 0.3 is 0 Å². The van der Waals surface area contributed by atoms with Gasteiger partial charge in [0.1, 0.15) is 0 Å². The SMILES string of the molecule is Cc1cc(CO)cc(OCC(F)F)n1. The first-order chi connectivity index (χ1) is 6.61. The van der Waals surface area contributed by atoms with E-state index in [0.29, 0.717) is 11.3 Å². The minimum Gasteiger partial charge on any atom is -0.472 e. The minimum absolute atomic E-state index is 0.120. The van der Waals surface area contributed by atoms with Crippen molar-refractivity contribution >= 4 is 0 Å². The number of aliphatic hydroxyl groups is 1. The molecule has 1 aromatic rings. The van der Waals surface area contributed by atoms with Crippen LogP contribution in [0.2, 0.25) is 0 Å². The van der Waals surface area contributed by atoms with Gasteiger partial charge in [-0.2, -0.15) is 0 Å². The van der Waals surface area contributed by atoms with E-state index in [-0.39, 0.29) is 12.5 Å². The van der Waals surface area contributed by atoms with Gasteiger partial charge in [-0.3, -0.25) is 0 Å². The second-order valence-electron chi connectivity index (χ2n) is 2.82. The second-order valence-corrected chi connectivity index (χ2v) is 2.82. The van der Waals surface area contributed by atoms with Crippen LogP contribution < -0.4 is 4.74 Å². The van der Waals surface area contributed by atoms with Gasteiger partial charge in [0.2, 0.25) is 5.88 Å². The van der Waals surface area contributed by atoms with Crippen molar-refractivity contribution in [2.75, 3.05) is 6.61 Å². The number of nitrogens with zero attached hydrogens (tertiary/aromatic N) is 1. The van der Waals surface area contributed by atoms with Crippen molar-refractivity contribution in [1.82, 2.24) is 4.98 Å². The molecule has 1 aromatic heterocycles. The first-order valence-corrected chi connectivity index (χ1v) is 4.11. The number of rotatable bonds is 4. The summed E-state index contributed by atoms with van der Waals surface area (Å²) < 4.78 is 28.3. The third kappa shape index (κ3) is 3.26. The zero-order valence-electron chi connectivity index (χ0n) is 7.70. The maximum Gasteiger partial charge on any atom is 0.272 e. The van der Waals surface area contributed by atoms with Gasteiger partial charge in [0.05, 0.1) is 6.61 Å². The van der Waals surface area contributed by atoms with Gasteiger partial charge in [-0.25, -0.2) is 13.8 Å². The Morgan fingerprint density at radius 1 is 1.50 bits per heavy atom. The average Bonchev–Trinajstić information content (AvgIpc) is 2.14. The first kappa shape index (κ1) is 10.8. The summed E-state index contributed by atoms with van der Waals surface area (Å²) in [6, 6.07) is 3.10. The first-order valence-electron chi connectivity index (χ1n) is 4.11. The van der Waals surface area contributed by atoms with Crippen LogP contribution in [-0.4, -0.2) is 23.1 Å². The molecule has 0 aliphatic carbocycles. The lowest BCUT2D eigenvalue weighted by Gasteiger charge is -2.06. The third-order valence-corrected chi connectivity index (χ3v) is 1.53. The molecular weight excluding hydrogens is 192 g/mol. The molecular formula is C9H11F2NO2. The largest absolute Gasteiger partial charge is 0.472 e. The molecule has 1 rings (SSSR count). The standard InChI is InChI=1S/C9H11F2NO2/c1-6-2-7(4-13)3-9(12-6)14-5-8(10)11/h2-3,8,13H,4-5H2,1H3. The quantitative estimate of drug-likeness (QED) is 0.806. The van der Waals surface area contributed by atoms with Crippen molar-refractivity contribution in [2.24, 2.45) is 0 Å². The molecule has 1 N–H and O–H groups in total. The number of aryl methyl sites for hydroxylation is 1. The number of hydrogen-bond acceptors (Lipinski definition) is 3. The van der Waals surface area contributed by atoms with E-state index >= 15 is 0 Å². The highest BCUT2D eigenvalue weighted by Gasteiger charge is 2.05. The van der Waals surface area contributed by atoms with Crippen molar-refractivity contribution in [2.45, 2.75) is 20.0 Å². The number of pyridine rings is 1. The van der Waals surface area contributed by atoms with Crippen LogP contribution in [0.25, 0.3) is 0 Å². The highest BCUT2D eigenvalue weighted by atomic mass is 19.3. The maximum atomic E-state index is 11.8. The van der Waals surface area contributed by atoms with Gasteiger partial charge < -0.3 is 9.84 Å². The van der Waals surface area contributed by atoms with Crippen LogP contribution in [0, 0.1) is 6.92 Å². The summed E-state index contributed by atoms with van der Waals surface area (Å²) >= 11 is 0. The lowest BCUT2D eigenvalue weighted by Crippen LogP contribution is -2.08. The van der Waals surface area contributed by atoms with Crippen LogP contribution in [0.4, 0.5) is 8.78 Å². The highest BCUT2D eigenvalue weighted by Crippen LogP contribution is 2.13. The molecule has 0 amide bonds. The fourth-order valence-electron chi connectivity index (χ4n) is 1.02. The Labute approximate surface area is 80.3 Å². The van der Waals surface area contributed by atoms with Crippen LogP contribution in [0.1, 0.15) is 11.3 Å². The average molecular weight is 203 g/mol. The lowest BCUT2D eigenvalue weighted by molar-refractivity contribution is 0.0794. The third-order valence-electron chi connectivity index (χ3n) is 1.53. The Kier molecular flexibility index (Phi) is 3.76. The summed E-state index contributed by atoms with van der Waals surface area (Å²) in [4.78, 5) is 3.89. The molecule has 0 bridgehead atoms. The fraction of sp³-hybridized carbons (Fsp3) is 0.444. The summed E-state index contributed by atoms with van der Waals surface area (Å²) in [5.74, 6) is 0.120. The summed E-state index contributed by atoms with van der Waals surface area (Å²) in [6.07, 6.45) is -2.52. The van der Waals surface area contributed by atoms with Gasteiger partial charge in [0, 0.05) is 11.8 Å². The minimum atomic E-state index is -2.52. The van der Waals surface area contributed by atoms with Crippen LogP contribution in [0.15, 0.2) is 12.1 Å². The molecule has 14 heavy (non-hydrogen) atoms. The predicted molar refractivity (Wildman–Crippen MR) is 46.4 cm³/mol. The summed E-state index contributed by atoms with van der Waals surface area (Å²) in [6.45, 7) is 0.865. The van der Waals surface area contributed by atoms with E-state index in [4.69, 9.17) is 9.84 Å². The fourth-order valence-corrected chi connectivity index (χ4v) is 1.02. The molecule has 0 radical (unpaired) electrons. The summed E-state index contributed by atoms with van der Waals surface area (Å²) in [5, 5.41) is 8.83. The zero-order chi connectivity index (χ0) is 10.6. The van der Waals surface area contributed by atoms with Gasteiger partial charge in [0.15, 0.2) is 6.61 Å². The van der Waals surface area contributed by atoms with Crippen LogP contribution in [0.5, 0.6) is 5.88 Å². The Bertz CT molecular complexity index is 305. The molecule has 3 nitrogen and oxygen atoms in total. The molecule has 0 aromatic carbocycles. The van der Waals surface area contributed by atoms with Gasteiger partial charge in [-0.05, 0) is 18.6 Å². The molecule has 0 aliphatic rings. The Morgan fingerprint density at radius 2 is 2.21 bits per heavy atom. The molecule has 78 valence electrons. The molecule has 0 fully saturated rings. The maximum absolute atomic E-state index is 11.8. The Balaban J connectivity index is 2.71. The molecule has 0 unspecified atom stereocenters. The van der Waals surface area contributed by atoms with Crippen molar-refractivity contribution in [3.8, 4) is 5.88 Å². The van der Waals surface area contributed by atoms with Crippen LogP contribution >= 0.6 is 0 Å². The van der Waals surface area contributed by atoms with E-state index in [2.05, 4.69) is 4.98 Å². The Hall–Kier alpha value is -1.23. The summed E-state index contributed by atoms with van der Waals surface area (Å²) in [7, 11) is 0. The van der Waals surface area contributed by atoms with E-state index in [1.54, 1.807) is 13.0 Å². The van der Waals surface area contributed by atoms with E-state index in [9.17, 15) is 8.78 Å².